The third kappa shape index (κ3) is 4.87. The van der Waals surface area contributed by atoms with Crippen LogP contribution in [0.3, 0.4) is 0 Å². The molecule has 1 aliphatic rings. The van der Waals surface area contributed by atoms with Gasteiger partial charge in [-0.2, -0.15) is 13.2 Å². The van der Waals surface area contributed by atoms with Crippen molar-refractivity contribution in [1.82, 2.24) is 15.5 Å². The first-order valence-electron chi connectivity index (χ1n) is 8.25. The minimum Gasteiger partial charge on any atom is -0.451 e. The van der Waals surface area contributed by atoms with Crippen LogP contribution in [-0.2, 0) is 0 Å². The Morgan fingerprint density at radius 2 is 2.04 bits per heavy atom. The van der Waals surface area contributed by atoms with Crippen LogP contribution in [0.2, 0.25) is 5.02 Å². The van der Waals surface area contributed by atoms with Crippen LogP contribution in [0.5, 0.6) is 0 Å². The molecular formula is C17H20Cl2F3N3O2. The number of fused-ring (bicyclic) bond motifs is 1. The summed E-state index contributed by atoms with van der Waals surface area (Å²) in [5.41, 5.74) is 1.01. The Morgan fingerprint density at radius 3 is 2.67 bits per heavy atom. The minimum absolute atomic E-state index is 0. The smallest absolute Gasteiger partial charge is 0.405 e. The number of aryl methyl sites for hydroxylation is 1. The van der Waals surface area contributed by atoms with E-state index in [9.17, 15) is 18.0 Å². The zero-order valence-corrected chi connectivity index (χ0v) is 16.1. The molecule has 0 aliphatic carbocycles. The van der Waals surface area contributed by atoms with Gasteiger partial charge in [0.1, 0.15) is 11.6 Å². The predicted molar refractivity (Wildman–Crippen MR) is 99.8 cm³/mol. The van der Waals surface area contributed by atoms with Crippen molar-refractivity contribution in [3.05, 3.63) is 34.5 Å². The highest BCUT2D eigenvalue weighted by Crippen LogP contribution is 2.28. The largest absolute Gasteiger partial charge is 0.451 e. The van der Waals surface area contributed by atoms with Gasteiger partial charge in [0.2, 0.25) is 0 Å². The number of carbonyl (C=O) groups excluding carboxylic acids is 1. The highest BCUT2D eigenvalue weighted by molar-refractivity contribution is 6.31. The lowest BCUT2D eigenvalue weighted by atomic mass is 10.1. The van der Waals surface area contributed by atoms with Crippen molar-refractivity contribution >= 4 is 40.9 Å². The van der Waals surface area contributed by atoms with E-state index < -0.39 is 24.7 Å². The molecule has 1 aromatic carbocycles. The number of piperazine rings is 1. The molecular weight excluding hydrogens is 406 g/mol. The zero-order chi connectivity index (χ0) is 18.9. The molecule has 1 aromatic heterocycles. The Kier molecular flexibility index (Phi) is 7.02. The number of alkyl halides is 3. The molecule has 150 valence electrons. The first kappa shape index (κ1) is 21.8. The van der Waals surface area contributed by atoms with Gasteiger partial charge in [-0.1, -0.05) is 11.6 Å². The van der Waals surface area contributed by atoms with E-state index in [2.05, 4.69) is 10.6 Å². The molecule has 1 atom stereocenters. The summed E-state index contributed by atoms with van der Waals surface area (Å²) in [6.07, 6.45) is -4.43. The maximum atomic E-state index is 13.4. The van der Waals surface area contributed by atoms with Crippen LogP contribution >= 0.6 is 24.0 Å². The standard InChI is InChI=1S/C17H19ClF3N3O2.ClH/c1-10-12-8-11(18)2-3-13(12)26-15(10)16(25)23-9-14(17(19,20)21)24-6-4-22-5-7-24;/h2-3,8,14,22H,4-7,9H2,1H3,(H,23,25);1H. The number of hydrogen-bond donors (Lipinski definition) is 2. The fourth-order valence-corrected chi connectivity index (χ4v) is 3.30. The molecule has 2 heterocycles. The maximum Gasteiger partial charge on any atom is 0.405 e. The molecule has 1 fully saturated rings. The first-order chi connectivity index (χ1) is 12.3. The minimum atomic E-state index is -4.43. The van der Waals surface area contributed by atoms with Crippen molar-refractivity contribution in [1.29, 1.82) is 0 Å². The van der Waals surface area contributed by atoms with E-state index in [1.54, 1.807) is 25.1 Å². The molecule has 27 heavy (non-hydrogen) atoms. The zero-order valence-electron chi connectivity index (χ0n) is 14.5. The quantitative estimate of drug-likeness (QED) is 0.788. The van der Waals surface area contributed by atoms with Crippen molar-refractivity contribution in [2.24, 2.45) is 0 Å². The highest BCUT2D eigenvalue weighted by atomic mass is 35.5. The van der Waals surface area contributed by atoms with Gasteiger partial charge in [0.05, 0.1) is 0 Å². The molecule has 2 N–H and O–H groups in total. The number of amides is 1. The van der Waals surface area contributed by atoms with Gasteiger partial charge < -0.3 is 15.1 Å². The Balaban J connectivity index is 0.00000261. The van der Waals surface area contributed by atoms with Crippen molar-refractivity contribution in [3.8, 4) is 0 Å². The van der Waals surface area contributed by atoms with Gasteiger partial charge in [-0.3, -0.25) is 9.69 Å². The summed E-state index contributed by atoms with van der Waals surface area (Å²) in [5, 5.41) is 6.54. The van der Waals surface area contributed by atoms with Crippen molar-refractivity contribution in [2.75, 3.05) is 32.7 Å². The second-order valence-electron chi connectivity index (χ2n) is 6.25. The lowest BCUT2D eigenvalue weighted by Crippen LogP contribution is -2.57. The molecule has 3 rings (SSSR count). The van der Waals surface area contributed by atoms with Crippen LogP contribution in [0.25, 0.3) is 11.0 Å². The third-order valence-electron chi connectivity index (χ3n) is 4.53. The Bertz CT molecular complexity index is 805. The molecule has 2 aromatic rings. The molecule has 0 spiro atoms. The predicted octanol–water partition coefficient (Wildman–Crippen LogP) is 3.38. The van der Waals surface area contributed by atoms with Crippen LogP contribution in [-0.4, -0.2) is 55.7 Å². The SMILES string of the molecule is Cc1c(C(=O)NCC(N2CCNCC2)C(F)(F)F)oc2ccc(Cl)cc12.Cl. The van der Waals surface area contributed by atoms with E-state index in [0.29, 0.717) is 34.6 Å². The van der Waals surface area contributed by atoms with Gasteiger partial charge in [-0.25, -0.2) is 0 Å². The summed E-state index contributed by atoms with van der Waals surface area (Å²) in [6.45, 7) is 2.69. The van der Waals surface area contributed by atoms with E-state index in [0.717, 1.165) is 0 Å². The second-order valence-corrected chi connectivity index (χ2v) is 6.69. The maximum absolute atomic E-state index is 13.4. The molecule has 1 unspecified atom stereocenters. The van der Waals surface area contributed by atoms with Gasteiger partial charge in [0.25, 0.3) is 5.91 Å². The lowest BCUT2D eigenvalue weighted by molar-refractivity contribution is -0.183. The Hall–Kier alpha value is -1.48. The Morgan fingerprint density at radius 1 is 1.37 bits per heavy atom. The van der Waals surface area contributed by atoms with Gasteiger partial charge >= 0.3 is 6.18 Å². The number of nitrogens with zero attached hydrogens (tertiary/aromatic N) is 1. The van der Waals surface area contributed by atoms with E-state index >= 15 is 0 Å². The molecule has 5 nitrogen and oxygen atoms in total. The molecule has 1 aliphatic heterocycles. The molecule has 10 heteroatoms. The second kappa shape index (κ2) is 8.68. The van der Waals surface area contributed by atoms with E-state index in [1.165, 1.54) is 4.90 Å². The summed E-state index contributed by atoms with van der Waals surface area (Å²) >= 11 is 5.94. The molecule has 1 saturated heterocycles. The number of benzene rings is 1. The number of nitrogens with one attached hydrogen (secondary N) is 2. The summed E-state index contributed by atoms with van der Waals surface area (Å²) in [7, 11) is 0. The van der Waals surface area contributed by atoms with Crippen LogP contribution in [0.1, 0.15) is 16.1 Å². The molecule has 0 bridgehead atoms. The van der Waals surface area contributed by atoms with Crippen molar-refractivity contribution in [3.63, 3.8) is 0 Å². The molecule has 0 radical (unpaired) electrons. The fourth-order valence-electron chi connectivity index (χ4n) is 3.13. The summed E-state index contributed by atoms with van der Waals surface area (Å²) < 4.78 is 45.7. The van der Waals surface area contributed by atoms with Crippen LogP contribution in [0.15, 0.2) is 22.6 Å². The number of carbonyl (C=O) groups is 1. The van der Waals surface area contributed by atoms with E-state index in [-0.39, 0.29) is 31.3 Å². The van der Waals surface area contributed by atoms with Crippen LogP contribution in [0.4, 0.5) is 13.2 Å². The number of halogens is 5. The Labute approximate surface area is 165 Å². The summed E-state index contributed by atoms with van der Waals surface area (Å²) in [6, 6.07) is 3.18. The monoisotopic (exact) mass is 425 g/mol. The topological polar surface area (TPSA) is 57.5 Å². The van der Waals surface area contributed by atoms with Gasteiger partial charge in [-0.15, -0.1) is 12.4 Å². The van der Waals surface area contributed by atoms with Gasteiger partial charge in [0, 0.05) is 48.7 Å². The van der Waals surface area contributed by atoms with Crippen LogP contribution < -0.4 is 10.6 Å². The van der Waals surface area contributed by atoms with Crippen LogP contribution in [0, 0.1) is 6.92 Å². The van der Waals surface area contributed by atoms with E-state index in [4.69, 9.17) is 16.0 Å². The average molecular weight is 426 g/mol. The number of hydrogen-bond acceptors (Lipinski definition) is 4. The normalized spacial score (nSPS) is 16.8. The van der Waals surface area contributed by atoms with Gasteiger partial charge in [-0.05, 0) is 25.1 Å². The summed E-state index contributed by atoms with van der Waals surface area (Å²) in [4.78, 5) is 13.7. The number of furan rings is 1. The summed E-state index contributed by atoms with van der Waals surface area (Å²) in [5.74, 6) is -0.664. The average Bonchev–Trinajstić information content (AvgIpc) is 2.91. The molecule has 0 saturated carbocycles. The fraction of sp³-hybridized carbons (Fsp3) is 0.471. The highest BCUT2D eigenvalue weighted by Gasteiger charge is 2.44. The lowest BCUT2D eigenvalue weighted by Gasteiger charge is -2.35. The van der Waals surface area contributed by atoms with E-state index in [1.807, 2.05) is 0 Å². The van der Waals surface area contributed by atoms with Gasteiger partial charge in [0.15, 0.2) is 5.76 Å². The van der Waals surface area contributed by atoms with Crippen molar-refractivity contribution in [2.45, 2.75) is 19.1 Å². The first-order valence-corrected chi connectivity index (χ1v) is 8.63. The third-order valence-corrected chi connectivity index (χ3v) is 4.77. The number of rotatable bonds is 4. The molecule has 1 amide bonds. The van der Waals surface area contributed by atoms with Crippen molar-refractivity contribution < 1.29 is 22.4 Å².